The molecule has 0 aliphatic rings. The van der Waals surface area contributed by atoms with Crippen molar-refractivity contribution >= 4 is 5.95 Å². The molecule has 0 aliphatic heterocycles. The van der Waals surface area contributed by atoms with E-state index in [-0.39, 0.29) is 12.0 Å². The summed E-state index contributed by atoms with van der Waals surface area (Å²) in [6.45, 7) is 3.08. The minimum Gasteiger partial charge on any atom is -0.463 e. The average Bonchev–Trinajstić information content (AvgIpc) is 2.33. The van der Waals surface area contributed by atoms with E-state index in [4.69, 9.17) is 4.74 Å². The molecule has 9 heteroatoms. The number of rotatable bonds is 7. The molecule has 0 atom stereocenters. The fourth-order valence-electron chi connectivity index (χ4n) is 1.04. The Kier molecular flexibility index (Phi) is 5.58. The highest BCUT2D eigenvalue weighted by Gasteiger charge is 2.29. The number of nitrogens with one attached hydrogen (secondary N) is 1. The fourth-order valence-corrected chi connectivity index (χ4v) is 1.04. The summed E-state index contributed by atoms with van der Waals surface area (Å²) in [5.74, 6) is 0.112. The summed E-state index contributed by atoms with van der Waals surface area (Å²) in [4.78, 5) is 11.2. The maximum Gasteiger partial charge on any atom is 0.422 e. The van der Waals surface area contributed by atoms with E-state index in [0.717, 1.165) is 6.42 Å². The first-order chi connectivity index (χ1) is 8.94. The van der Waals surface area contributed by atoms with Crippen molar-refractivity contribution in [2.24, 2.45) is 0 Å². The highest BCUT2D eigenvalue weighted by atomic mass is 19.4. The largest absolute Gasteiger partial charge is 0.463 e. The molecule has 1 aromatic rings. The molecule has 19 heavy (non-hydrogen) atoms. The van der Waals surface area contributed by atoms with E-state index in [0.29, 0.717) is 13.2 Å². The van der Waals surface area contributed by atoms with Crippen LogP contribution in [-0.2, 0) is 0 Å². The number of ether oxygens (including phenoxy) is 2. The third kappa shape index (κ3) is 6.07. The number of nitrogens with zero attached hydrogens (tertiary/aromatic N) is 3. The van der Waals surface area contributed by atoms with Crippen LogP contribution in [0.25, 0.3) is 0 Å². The highest BCUT2D eigenvalue weighted by molar-refractivity contribution is 5.27. The van der Waals surface area contributed by atoms with Gasteiger partial charge in [-0.3, -0.25) is 0 Å². The van der Waals surface area contributed by atoms with Crippen molar-refractivity contribution in [3.63, 3.8) is 0 Å². The van der Waals surface area contributed by atoms with Crippen molar-refractivity contribution in [3.05, 3.63) is 0 Å². The first-order valence-electron chi connectivity index (χ1n) is 5.77. The van der Waals surface area contributed by atoms with Gasteiger partial charge in [0.25, 0.3) is 0 Å². The molecule has 0 unspecified atom stereocenters. The minimum absolute atomic E-state index is 0.0648. The van der Waals surface area contributed by atoms with Crippen LogP contribution in [0, 0.1) is 0 Å². The van der Waals surface area contributed by atoms with E-state index in [1.165, 1.54) is 0 Å². The molecule has 108 valence electrons. The molecule has 6 nitrogen and oxygen atoms in total. The molecule has 0 radical (unpaired) electrons. The second kappa shape index (κ2) is 6.95. The smallest absolute Gasteiger partial charge is 0.422 e. The highest BCUT2D eigenvalue weighted by Crippen LogP contribution is 2.18. The van der Waals surface area contributed by atoms with E-state index in [1.54, 1.807) is 6.92 Å². The molecule has 0 spiro atoms. The maximum atomic E-state index is 12.1. The summed E-state index contributed by atoms with van der Waals surface area (Å²) in [7, 11) is 0. The van der Waals surface area contributed by atoms with Gasteiger partial charge in [0, 0.05) is 6.54 Å². The van der Waals surface area contributed by atoms with Crippen LogP contribution in [0.1, 0.15) is 20.3 Å². The molecule has 0 amide bonds. The first-order valence-corrected chi connectivity index (χ1v) is 5.77. The second-order valence-corrected chi connectivity index (χ2v) is 3.51. The Morgan fingerprint density at radius 3 is 2.21 bits per heavy atom. The Morgan fingerprint density at radius 2 is 1.68 bits per heavy atom. The number of hydrogen-bond donors (Lipinski definition) is 1. The Hall–Kier alpha value is -1.80. The zero-order chi connectivity index (χ0) is 14.3. The van der Waals surface area contributed by atoms with Gasteiger partial charge < -0.3 is 14.8 Å². The molecule has 0 aliphatic carbocycles. The zero-order valence-electron chi connectivity index (χ0n) is 10.6. The average molecular weight is 280 g/mol. The third-order valence-electron chi connectivity index (χ3n) is 1.73. The van der Waals surface area contributed by atoms with Gasteiger partial charge in [-0.05, 0) is 13.3 Å². The van der Waals surface area contributed by atoms with Crippen molar-refractivity contribution in [2.75, 3.05) is 25.1 Å². The lowest BCUT2D eigenvalue weighted by molar-refractivity contribution is -0.154. The Balaban J connectivity index is 2.79. The molecular weight excluding hydrogens is 265 g/mol. The van der Waals surface area contributed by atoms with Crippen molar-refractivity contribution in [3.8, 4) is 12.0 Å². The first kappa shape index (κ1) is 15.3. The number of halogens is 3. The summed E-state index contributed by atoms with van der Waals surface area (Å²) in [5, 5.41) is 2.76. The number of aromatic nitrogens is 3. The summed E-state index contributed by atoms with van der Waals surface area (Å²) in [5.41, 5.74) is 0. The number of anilines is 1. The van der Waals surface area contributed by atoms with Gasteiger partial charge in [0.2, 0.25) is 5.95 Å². The van der Waals surface area contributed by atoms with Gasteiger partial charge in [-0.15, -0.1) is 4.98 Å². The summed E-state index contributed by atoms with van der Waals surface area (Å²) in [6.07, 6.45) is -3.73. The van der Waals surface area contributed by atoms with Crippen molar-refractivity contribution < 1.29 is 22.6 Å². The molecule has 0 fully saturated rings. The predicted molar refractivity (Wildman–Crippen MR) is 61.3 cm³/mol. The summed E-state index contributed by atoms with van der Waals surface area (Å²) in [6, 6.07) is -0.487. The summed E-state index contributed by atoms with van der Waals surface area (Å²) < 4.78 is 45.8. The quantitative estimate of drug-likeness (QED) is 0.824. The molecule has 1 N–H and O–H groups in total. The monoisotopic (exact) mass is 280 g/mol. The Labute approximate surface area is 108 Å². The zero-order valence-corrected chi connectivity index (χ0v) is 10.6. The molecule has 0 saturated carbocycles. The van der Waals surface area contributed by atoms with Crippen molar-refractivity contribution in [2.45, 2.75) is 26.4 Å². The van der Waals surface area contributed by atoms with Crippen LogP contribution >= 0.6 is 0 Å². The predicted octanol–water partition coefficient (Wildman–Crippen LogP) is 2.03. The molecular formula is C10H15F3N4O2. The molecule has 1 aromatic heterocycles. The van der Waals surface area contributed by atoms with Crippen LogP contribution in [-0.4, -0.2) is 40.9 Å². The van der Waals surface area contributed by atoms with Crippen LogP contribution in [0.5, 0.6) is 12.0 Å². The second-order valence-electron chi connectivity index (χ2n) is 3.51. The van der Waals surface area contributed by atoms with Gasteiger partial charge in [-0.25, -0.2) is 0 Å². The Morgan fingerprint density at radius 1 is 1.05 bits per heavy atom. The number of hydrogen-bond acceptors (Lipinski definition) is 6. The lowest BCUT2D eigenvalue weighted by Crippen LogP contribution is -2.20. The van der Waals surface area contributed by atoms with E-state index < -0.39 is 18.8 Å². The molecule has 0 aromatic carbocycles. The van der Waals surface area contributed by atoms with E-state index in [1.807, 2.05) is 6.92 Å². The van der Waals surface area contributed by atoms with Gasteiger partial charge in [-0.2, -0.15) is 23.1 Å². The normalized spacial score (nSPS) is 11.2. The van der Waals surface area contributed by atoms with Crippen LogP contribution in [0.2, 0.25) is 0 Å². The SMILES string of the molecule is CCCOc1nc(NCC)nc(OCC(F)(F)F)n1. The maximum absolute atomic E-state index is 12.1. The van der Waals surface area contributed by atoms with Crippen molar-refractivity contribution in [1.29, 1.82) is 0 Å². The lowest BCUT2D eigenvalue weighted by Gasteiger charge is -2.10. The van der Waals surface area contributed by atoms with Gasteiger partial charge in [0.05, 0.1) is 6.61 Å². The molecule has 1 rings (SSSR count). The van der Waals surface area contributed by atoms with Crippen LogP contribution in [0.4, 0.5) is 19.1 Å². The fraction of sp³-hybridized carbons (Fsp3) is 0.700. The summed E-state index contributed by atoms with van der Waals surface area (Å²) >= 11 is 0. The van der Waals surface area contributed by atoms with E-state index >= 15 is 0 Å². The van der Waals surface area contributed by atoms with Crippen LogP contribution in [0.3, 0.4) is 0 Å². The lowest BCUT2D eigenvalue weighted by atomic mass is 10.5. The molecule has 0 bridgehead atoms. The van der Waals surface area contributed by atoms with Gasteiger partial charge >= 0.3 is 18.2 Å². The minimum atomic E-state index is -4.45. The van der Waals surface area contributed by atoms with Crippen molar-refractivity contribution in [1.82, 2.24) is 15.0 Å². The van der Waals surface area contributed by atoms with E-state index in [2.05, 4.69) is 25.0 Å². The van der Waals surface area contributed by atoms with Gasteiger partial charge in [0.15, 0.2) is 6.61 Å². The van der Waals surface area contributed by atoms with Gasteiger partial charge in [0.1, 0.15) is 0 Å². The van der Waals surface area contributed by atoms with Gasteiger partial charge in [-0.1, -0.05) is 6.92 Å². The standard InChI is InChI=1S/C10H15F3N4O2/c1-3-5-18-8-15-7(14-4-2)16-9(17-8)19-6-10(11,12)13/h3-6H2,1-2H3,(H,14,15,16,17). The van der Waals surface area contributed by atoms with Crippen LogP contribution < -0.4 is 14.8 Å². The van der Waals surface area contributed by atoms with Crippen LogP contribution in [0.15, 0.2) is 0 Å². The number of alkyl halides is 3. The van der Waals surface area contributed by atoms with E-state index in [9.17, 15) is 13.2 Å². The molecule has 0 saturated heterocycles. The topological polar surface area (TPSA) is 69.2 Å². The Bertz CT molecular complexity index is 401. The third-order valence-corrected chi connectivity index (χ3v) is 1.73. The molecule has 1 heterocycles.